The van der Waals surface area contributed by atoms with Gasteiger partial charge in [-0.25, -0.2) is 8.42 Å². The number of hydrogen-bond donors (Lipinski definition) is 2. The van der Waals surface area contributed by atoms with E-state index < -0.39 is 15.9 Å². The van der Waals surface area contributed by atoms with Crippen molar-refractivity contribution >= 4 is 50.5 Å². The van der Waals surface area contributed by atoms with Gasteiger partial charge in [-0.1, -0.05) is 40.9 Å². The summed E-state index contributed by atoms with van der Waals surface area (Å²) < 4.78 is 33.1. The predicted octanol–water partition coefficient (Wildman–Crippen LogP) is 5.36. The van der Waals surface area contributed by atoms with Crippen molar-refractivity contribution in [2.75, 3.05) is 17.1 Å². The highest BCUT2D eigenvalue weighted by molar-refractivity contribution is 7.92. The molecule has 0 fully saturated rings. The van der Waals surface area contributed by atoms with Crippen LogP contribution in [0.15, 0.2) is 65.6 Å². The van der Waals surface area contributed by atoms with E-state index >= 15 is 0 Å². The van der Waals surface area contributed by atoms with Crippen LogP contribution in [0.4, 0.5) is 11.4 Å². The van der Waals surface area contributed by atoms with E-state index in [4.69, 9.17) is 27.9 Å². The van der Waals surface area contributed by atoms with Gasteiger partial charge < -0.3 is 10.1 Å². The molecule has 30 heavy (non-hydrogen) atoms. The van der Waals surface area contributed by atoms with Crippen molar-refractivity contribution in [3.63, 3.8) is 0 Å². The summed E-state index contributed by atoms with van der Waals surface area (Å²) >= 11 is 12.2. The number of hydrogen-bond acceptors (Lipinski definition) is 4. The largest absolute Gasteiger partial charge is 0.495 e. The van der Waals surface area contributed by atoms with Crippen LogP contribution in [0.2, 0.25) is 10.0 Å². The first-order valence-electron chi connectivity index (χ1n) is 8.73. The van der Waals surface area contributed by atoms with E-state index in [0.29, 0.717) is 22.1 Å². The summed E-state index contributed by atoms with van der Waals surface area (Å²) in [6, 6.07) is 15.6. The van der Waals surface area contributed by atoms with Gasteiger partial charge in [-0.3, -0.25) is 9.52 Å². The SMILES string of the molecule is COc1ccc(NC(=O)c2ccc(Cl)c(S(=O)(=O)Nc3ccc(C)cc3)c2)cc1Cl. The lowest BCUT2D eigenvalue weighted by Gasteiger charge is -2.12. The van der Waals surface area contributed by atoms with Crippen molar-refractivity contribution in [2.24, 2.45) is 0 Å². The van der Waals surface area contributed by atoms with Crippen molar-refractivity contribution in [3.05, 3.63) is 81.8 Å². The van der Waals surface area contributed by atoms with E-state index in [9.17, 15) is 13.2 Å². The van der Waals surface area contributed by atoms with Crippen LogP contribution in [-0.4, -0.2) is 21.4 Å². The number of carbonyl (C=O) groups is 1. The van der Waals surface area contributed by atoms with Crippen molar-refractivity contribution < 1.29 is 17.9 Å². The Balaban J connectivity index is 1.85. The first kappa shape index (κ1) is 22.0. The Kier molecular flexibility index (Phi) is 6.55. The fraction of sp³-hybridized carbons (Fsp3) is 0.0952. The number of carbonyl (C=O) groups excluding carboxylic acids is 1. The quantitative estimate of drug-likeness (QED) is 0.513. The van der Waals surface area contributed by atoms with E-state index in [1.807, 2.05) is 6.92 Å². The minimum absolute atomic E-state index is 0.00125. The molecule has 0 radical (unpaired) electrons. The summed E-state index contributed by atoms with van der Waals surface area (Å²) in [5.41, 5.74) is 1.94. The summed E-state index contributed by atoms with van der Waals surface area (Å²) in [6.07, 6.45) is 0. The van der Waals surface area contributed by atoms with Gasteiger partial charge >= 0.3 is 0 Å². The standard InChI is InChI=1S/C21H18Cl2N2O4S/c1-13-3-6-15(7-4-13)25-30(27,28)20-11-14(5-9-17(20)22)21(26)24-16-8-10-19(29-2)18(23)12-16/h3-12,25H,1-2H3,(H,24,26). The van der Waals surface area contributed by atoms with E-state index in [0.717, 1.165) is 5.56 Å². The average Bonchev–Trinajstić information content (AvgIpc) is 2.70. The Morgan fingerprint density at radius 2 is 1.57 bits per heavy atom. The Labute approximate surface area is 184 Å². The Hall–Kier alpha value is -2.74. The molecule has 0 saturated carbocycles. The average molecular weight is 465 g/mol. The zero-order valence-electron chi connectivity index (χ0n) is 16.1. The molecule has 0 unspecified atom stereocenters. The third-order valence-corrected chi connectivity index (χ3v) is 6.35. The number of rotatable bonds is 6. The van der Waals surface area contributed by atoms with Crippen molar-refractivity contribution in [2.45, 2.75) is 11.8 Å². The van der Waals surface area contributed by atoms with Crippen LogP contribution in [0.3, 0.4) is 0 Å². The number of aryl methyl sites for hydroxylation is 1. The van der Waals surface area contributed by atoms with Gasteiger partial charge in [0.1, 0.15) is 10.6 Å². The maximum Gasteiger partial charge on any atom is 0.263 e. The van der Waals surface area contributed by atoms with Crippen molar-refractivity contribution in [3.8, 4) is 5.75 Å². The zero-order chi connectivity index (χ0) is 21.9. The van der Waals surface area contributed by atoms with Crippen LogP contribution < -0.4 is 14.8 Å². The summed E-state index contributed by atoms with van der Waals surface area (Å²) in [5.74, 6) is -0.0450. The molecule has 0 saturated heterocycles. The molecule has 0 aromatic heterocycles. The molecule has 3 aromatic carbocycles. The number of methoxy groups -OCH3 is 1. The van der Waals surface area contributed by atoms with Crippen LogP contribution in [0.5, 0.6) is 5.75 Å². The summed E-state index contributed by atoms with van der Waals surface area (Å²) in [4.78, 5) is 12.4. The first-order chi connectivity index (χ1) is 14.2. The Bertz CT molecular complexity index is 1200. The third kappa shape index (κ3) is 5.05. The van der Waals surface area contributed by atoms with Crippen molar-refractivity contribution in [1.82, 2.24) is 0 Å². The third-order valence-electron chi connectivity index (χ3n) is 4.20. The molecule has 0 bridgehead atoms. The van der Waals surface area contributed by atoms with Gasteiger partial charge in [0, 0.05) is 16.9 Å². The molecule has 3 rings (SSSR count). The molecule has 6 nitrogen and oxygen atoms in total. The van der Waals surface area contributed by atoms with Gasteiger partial charge in [0.25, 0.3) is 15.9 Å². The first-order valence-corrected chi connectivity index (χ1v) is 11.0. The molecule has 2 N–H and O–H groups in total. The Morgan fingerprint density at radius 3 is 2.20 bits per heavy atom. The summed E-state index contributed by atoms with van der Waals surface area (Å²) in [7, 11) is -2.52. The fourth-order valence-corrected chi connectivity index (χ4v) is 4.47. The number of halogens is 2. The van der Waals surface area contributed by atoms with Crippen LogP contribution >= 0.6 is 23.2 Å². The Morgan fingerprint density at radius 1 is 0.900 bits per heavy atom. The highest BCUT2D eigenvalue weighted by Gasteiger charge is 2.21. The number of nitrogens with one attached hydrogen (secondary N) is 2. The van der Waals surface area contributed by atoms with Crippen LogP contribution in [0.25, 0.3) is 0 Å². The minimum atomic E-state index is -4.00. The lowest BCUT2D eigenvalue weighted by atomic mass is 10.2. The maximum atomic E-state index is 12.8. The molecule has 0 atom stereocenters. The normalized spacial score (nSPS) is 11.1. The summed E-state index contributed by atoms with van der Waals surface area (Å²) in [6.45, 7) is 1.90. The maximum absolute atomic E-state index is 12.8. The van der Waals surface area contributed by atoms with Gasteiger partial charge in [0.15, 0.2) is 0 Å². The number of ether oxygens (including phenoxy) is 1. The summed E-state index contributed by atoms with van der Waals surface area (Å²) in [5, 5.41) is 3.00. The van der Waals surface area contributed by atoms with Crippen LogP contribution in [0, 0.1) is 6.92 Å². The molecule has 0 aliphatic heterocycles. The van der Waals surface area contributed by atoms with Crippen molar-refractivity contribution in [1.29, 1.82) is 0 Å². The van der Waals surface area contributed by atoms with Gasteiger partial charge in [-0.15, -0.1) is 0 Å². The molecule has 0 spiro atoms. The topological polar surface area (TPSA) is 84.5 Å². The number of anilines is 2. The smallest absolute Gasteiger partial charge is 0.263 e. The highest BCUT2D eigenvalue weighted by atomic mass is 35.5. The second kappa shape index (κ2) is 8.95. The zero-order valence-corrected chi connectivity index (χ0v) is 18.4. The van der Waals surface area contributed by atoms with E-state index in [2.05, 4.69) is 10.0 Å². The fourth-order valence-electron chi connectivity index (χ4n) is 2.63. The molecule has 0 aliphatic carbocycles. The molecule has 1 amide bonds. The molecule has 0 aliphatic rings. The lowest BCUT2D eigenvalue weighted by molar-refractivity contribution is 0.102. The molecule has 156 valence electrons. The molecular weight excluding hydrogens is 447 g/mol. The second-order valence-corrected chi connectivity index (χ2v) is 8.89. The highest BCUT2D eigenvalue weighted by Crippen LogP contribution is 2.28. The number of benzene rings is 3. The van der Waals surface area contributed by atoms with Crippen LogP contribution in [0.1, 0.15) is 15.9 Å². The van der Waals surface area contributed by atoms with Crippen LogP contribution in [-0.2, 0) is 10.0 Å². The van der Waals surface area contributed by atoms with E-state index in [1.54, 1.807) is 36.4 Å². The molecule has 3 aromatic rings. The predicted molar refractivity (Wildman–Crippen MR) is 119 cm³/mol. The minimum Gasteiger partial charge on any atom is -0.495 e. The van der Waals surface area contributed by atoms with Gasteiger partial charge in [0.2, 0.25) is 0 Å². The molecule has 0 heterocycles. The second-order valence-electron chi connectivity index (χ2n) is 6.42. The number of sulfonamides is 1. The monoisotopic (exact) mass is 464 g/mol. The van der Waals surface area contributed by atoms with E-state index in [1.165, 1.54) is 31.4 Å². The van der Waals surface area contributed by atoms with Gasteiger partial charge in [-0.05, 0) is 55.5 Å². The van der Waals surface area contributed by atoms with Gasteiger partial charge in [0.05, 0.1) is 17.2 Å². The number of amides is 1. The molecule has 9 heteroatoms. The molecular formula is C21H18Cl2N2O4S. The lowest BCUT2D eigenvalue weighted by Crippen LogP contribution is -2.16. The van der Waals surface area contributed by atoms with Gasteiger partial charge in [-0.2, -0.15) is 0 Å². The van der Waals surface area contributed by atoms with E-state index in [-0.39, 0.29) is 15.5 Å².